The van der Waals surface area contributed by atoms with Crippen LogP contribution in [0.1, 0.15) is 16.7 Å². The molecule has 0 bridgehead atoms. The predicted octanol–water partition coefficient (Wildman–Crippen LogP) is 11.5. The fraction of sp³-hybridized carbons (Fsp3) is 0.0227. The minimum atomic E-state index is 0.554. The van der Waals surface area contributed by atoms with Gasteiger partial charge in [0.1, 0.15) is 0 Å². The molecule has 2 aromatic heterocycles. The maximum Gasteiger partial charge on any atom is 0.154 e. The summed E-state index contributed by atoms with van der Waals surface area (Å²) >= 11 is 1.83. The van der Waals surface area contributed by atoms with E-state index in [1.54, 1.807) is 0 Å². The molecule has 48 heavy (non-hydrogen) atoms. The van der Waals surface area contributed by atoms with E-state index in [0.29, 0.717) is 12.4 Å². The number of amidine groups is 1. The summed E-state index contributed by atoms with van der Waals surface area (Å²) in [5, 5.41) is 2.38. The Morgan fingerprint density at radius 1 is 0.583 bits per heavy atom. The van der Waals surface area contributed by atoms with Crippen LogP contribution in [-0.4, -0.2) is 17.0 Å². The summed E-state index contributed by atoms with van der Waals surface area (Å²) in [5.74, 6) is 0.705. The van der Waals surface area contributed by atoms with Gasteiger partial charge in [-0.05, 0) is 46.5 Å². The van der Waals surface area contributed by atoms with Crippen LogP contribution in [0.2, 0.25) is 0 Å². The number of aliphatic imine (C=N–C) groups is 2. The highest BCUT2D eigenvalue weighted by Crippen LogP contribution is 2.46. The molecule has 0 fully saturated rings. The first kappa shape index (κ1) is 29.4. The molecule has 8 rings (SSSR count). The third-order valence-corrected chi connectivity index (χ3v) is 9.77. The molecule has 4 heteroatoms. The second-order valence-corrected chi connectivity index (χ2v) is 12.6. The molecular weight excluding hydrogens is 603 g/mol. The summed E-state index contributed by atoms with van der Waals surface area (Å²) in [6, 6.07) is 57.0. The molecular formula is C44H31N3S. The lowest BCUT2D eigenvalue weighted by molar-refractivity contribution is 1.06. The third kappa shape index (κ3) is 5.97. The average molecular weight is 634 g/mol. The van der Waals surface area contributed by atoms with Crippen molar-refractivity contribution in [2.24, 2.45) is 9.98 Å². The molecule has 0 radical (unpaired) electrons. The monoisotopic (exact) mass is 633 g/mol. The average Bonchev–Trinajstić information content (AvgIpc) is 3.56. The highest BCUT2D eigenvalue weighted by Gasteiger charge is 2.19. The van der Waals surface area contributed by atoms with Gasteiger partial charge in [-0.15, -0.1) is 11.3 Å². The third-order valence-electron chi connectivity index (χ3n) is 8.50. The molecule has 0 unspecified atom stereocenters. The van der Waals surface area contributed by atoms with Gasteiger partial charge in [0.25, 0.3) is 0 Å². The molecule has 0 aliphatic heterocycles. The quantitative estimate of drug-likeness (QED) is 0.127. The second kappa shape index (κ2) is 13.4. The zero-order valence-corrected chi connectivity index (χ0v) is 27.0. The van der Waals surface area contributed by atoms with Crippen molar-refractivity contribution in [1.82, 2.24) is 4.98 Å². The number of fused-ring (bicyclic) bond motifs is 3. The summed E-state index contributed by atoms with van der Waals surface area (Å²) < 4.78 is 2.44. The molecule has 0 atom stereocenters. The second-order valence-electron chi connectivity index (χ2n) is 11.6. The number of hydrogen-bond donors (Lipinski definition) is 0. The SMILES string of the molecule is C(=NC(=NCc1ccccc1)c1ccccc1)c1ccc(-c2ccccn2)c2sc3c(-c4ccccc4)cc(-c4ccccc4)cc3c12. The number of aromatic nitrogens is 1. The van der Waals surface area contributed by atoms with Crippen LogP contribution in [0.15, 0.2) is 180 Å². The summed E-state index contributed by atoms with van der Waals surface area (Å²) in [7, 11) is 0. The van der Waals surface area contributed by atoms with Crippen LogP contribution < -0.4 is 0 Å². The van der Waals surface area contributed by atoms with Crippen LogP contribution >= 0.6 is 11.3 Å². The Morgan fingerprint density at radius 2 is 1.25 bits per heavy atom. The summed E-state index contributed by atoms with van der Waals surface area (Å²) in [6.45, 7) is 0.554. The highest BCUT2D eigenvalue weighted by atomic mass is 32.1. The van der Waals surface area contributed by atoms with Gasteiger partial charge < -0.3 is 0 Å². The Bertz CT molecular complexity index is 2380. The van der Waals surface area contributed by atoms with Crippen LogP contribution in [0.5, 0.6) is 0 Å². The van der Waals surface area contributed by atoms with Crippen LogP contribution in [0, 0.1) is 0 Å². The van der Waals surface area contributed by atoms with E-state index in [9.17, 15) is 0 Å². The lowest BCUT2D eigenvalue weighted by atomic mass is 9.94. The normalized spacial score (nSPS) is 11.9. The largest absolute Gasteiger partial charge is 0.261 e. The smallest absolute Gasteiger partial charge is 0.154 e. The molecule has 3 nitrogen and oxygen atoms in total. The topological polar surface area (TPSA) is 37.6 Å². The van der Waals surface area contributed by atoms with Gasteiger partial charge in [-0.25, -0.2) is 4.99 Å². The van der Waals surface area contributed by atoms with Crippen molar-refractivity contribution in [2.75, 3.05) is 0 Å². The van der Waals surface area contributed by atoms with Crippen molar-refractivity contribution in [2.45, 2.75) is 6.54 Å². The number of pyridine rings is 1. The molecule has 2 heterocycles. The molecule has 228 valence electrons. The van der Waals surface area contributed by atoms with E-state index >= 15 is 0 Å². The number of hydrogen-bond acceptors (Lipinski definition) is 3. The van der Waals surface area contributed by atoms with Gasteiger partial charge in [-0.3, -0.25) is 9.98 Å². The Kier molecular flexibility index (Phi) is 8.22. The van der Waals surface area contributed by atoms with Crippen molar-refractivity contribution in [3.63, 3.8) is 0 Å². The van der Waals surface area contributed by atoms with Crippen LogP contribution in [-0.2, 0) is 6.54 Å². The Hall–Kier alpha value is -5.97. The first-order valence-electron chi connectivity index (χ1n) is 16.1. The van der Waals surface area contributed by atoms with Crippen molar-refractivity contribution >= 4 is 43.6 Å². The molecule has 0 saturated carbocycles. The molecule has 0 amide bonds. The minimum absolute atomic E-state index is 0.554. The van der Waals surface area contributed by atoms with E-state index in [4.69, 9.17) is 15.0 Å². The van der Waals surface area contributed by atoms with Gasteiger partial charge in [-0.1, -0.05) is 140 Å². The zero-order valence-electron chi connectivity index (χ0n) is 26.2. The minimum Gasteiger partial charge on any atom is -0.261 e. The summed E-state index contributed by atoms with van der Waals surface area (Å²) in [6.07, 6.45) is 3.85. The fourth-order valence-electron chi connectivity index (χ4n) is 6.14. The molecule has 0 aliphatic rings. The van der Waals surface area contributed by atoms with Crippen molar-refractivity contribution in [3.05, 3.63) is 187 Å². The van der Waals surface area contributed by atoms with E-state index in [2.05, 4.69) is 121 Å². The molecule has 0 saturated heterocycles. The van der Waals surface area contributed by atoms with Crippen LogP contribution in [0.25, 0.3) is 53.7 Å². The van der Waals surface area contributed by atoms with Gasteiger partial charge in [-0.2, -0.15) is 0 Å². The van der Waals surface area contributed by atoms with Gasteiger partial charge in [0.15, 0.2) is 5.84 Å². The van der Waals surface area contributed by atoms with Gasteiger partial charge in [0, 0.05) is 54.8 Å². The number of rotatable bonds is 7. The van der Waals surface area contributed by atoms with Crippen molar-refractivity contribution < 1.29 is 0 Å². The standard InChI is InChI=1S/C44H31N3S/c1-5-15-31(16-6-1)29-46-44(34-21-11-4-12-22-34)47-30-35-24-25-37(40-23-13-14-26-45-40)43-41(35)39-28-36(32-17-7-2-8-18-32)27-38(42(39)48-43)33-19-9-3-10-20-33/h1-28,30H,29H2. The lowest BCUT2D eigenvalue weighted by Gasteiger charge is -2.10. The highest BCUT2D eigenvalue weighted by molar-refractivity contribution is 7.27. The molecule has 0 spiro atoms. The first-order chi connectivity index (χ1) is 23.8. The van der Waals surface area contributed by atoms with E-state index in [1.165, 1.54) is 42.4 Å². The van der Waals surface area contributed by atoms with Gasteiger partial charge in [0.2, 0.25) is 0 Å². The molecule has 8 aromatic rings. The van der Waals surface area contributed by atoms with E-state index in [0.717, 1.165) is 27.9 Å². The van der Waals surface area contributed by atoms with E-state index in [-0.39, 0.29) is 0 Å². The predicted molar refractivity (Wildman–Crippen MR) is 204 cm³/mol. The van der Waals surface area contributed by atoms with E-state index < -0.39 is 0 Å². The molecule has 6 aromatic carbocycles. The van der Waals surface area contributed by atoms with Crippen molar-refractivity contribution in [1.29, 1.82) is 0 Å². The van der Waals surface area contributed by atoms with Crippen molar-refractivity contribution in [3.8, 4) is 33.5 Å². The lowest BCUT2D eigenvalue weighted by Crippen LogP contribution is -2.00. The summed E-state index contributed by atoms with van der Waals surface area (Å²) in [4.78, 5) is 14.9. The zero-order chi connectivity index (χ0) is 32.1. The first-order valence-corrected chi connectivity index (χ1v) is 16.9. The van der Waals surface area contributed by atoms with Crippen LogP contribution in [0.3, 0.4) is 0 Å². The van der Waals surface area contributed by atoms with Gasteiger partial charge in [0.05, 0.1) is 12.2 Å². The van der Waals surface area contributed by atoms with E-state index in [1.807, 2.05) is 66.2 Å². The van der Waals surface area contributed by atoms with Gasteiger partial charge >= 0.3 is 0 Å². The summed E-state index contributed by atoms with van der Waals surface area (Å²) in [5.41, 5.74) is 10.0. The Balaban J connectivity index is 1.37. The molecule has 0 aliphatic carbocycles. The number of nitrogens with zero attached hydrogens (tertiary/aromatic N) is 3. The van der Waals surface area contributed by atoms with Crippen LogP contribution in [0.4, 0.5) is 0 Å². The fourth-order valence-corrected chi connectivity index (χ4v) is 7.52. The Labute approximate surface area is 284 Å². The Morgan fingerprint density at radius 3 is 1.96 bits per heavy atom. The maximum atomic E-state index is 5.09. The number of benzene rings is 6. The maximum absolute atomic E-state index is 5.09. The number of thiophene rings is 1. The molecule has 0 N–H and O–H groups in total.